The number of hydrogen-bond donors (Lipinski definition) is 1. The van der Waals surface area contributed by atoms with Crippen molar-refractivity contribution in [2.45, 2.75) is 76.0 Å². The summed E-state index contributed by atoms with van der Waals surface area (Å²) >= 11 is 0. The molecule has 4 aromatic rings. The van der Waals surface area contributed by atoms with Gasteiger partial charge in [0.2, 0.25) is 5.91 Å². The van der Waals surface area contributed by atoms with Crippen LogP contribution in [0.5, 0.6) is 0 Å². The number of likely N-dealkylation sites (N-methyl/N-ethyl adjacent to an activating group) is 1. The number of piperazine rings is 1. The molecule has 50 heavy (non-hydrogen) atoms. The van der Waals surface area contributed by atoms with Crippen LogP contribution in [0.2, 0.25) is 0 Å². The lowest BCUT2D eigenvalue weighted by Gasteiger charge is -2.34. The third kappa shape index (κ3) is 6.78. The molecule has 0 bridgehead atoms. The average molecular weight is 682 g/mol. The third-order valence-corrected chi connectivity index (χ3v) is 11.1. The molecule has 3 heterocycles. The lowest BCUT2D eigenvalue weighted by Crippen LogP contribution is -2.50. The number of halogens is 1. The van der Waals surface area contributed by atoms with Gasteiger partial charge in [0.15, 0.2) is 5.65 Å². The maximum Gasteiger partial charge on any atom is 0.337 e. The smallest absolute Gasteiger partial charge is 0.337 e. The van der Waals surface area contributed by atoms with E-state index in [9.17, 15) is 18.8 Å². The lowest BCUT2D eigenvalue weighted by atomic mass is 9.90. The topological polar surface area (TPSA) is 95.7 Å². The van der Waals surface area contributed by atoms with E-state index in [4.69, 9.17) is 0 Å². The first-order valence-electron chi connectivity index (χ1n) is 18.1. The summed E-state index contributed by atoms with van der Waals surface area (Å²) in [5, 5.41) is 3.28. The number of hydrogen-bond acceptors (Lipinski definition) is 7. The Morgan fingerprint density at radius 1 is 0.940 bits per heavy atom. The predicted molar refractivity (Wildman–Crippen MR) is 194 cm³/mol. The number of benzene rings is 2. The Labute approximate surface area is 292 Å². The van der Waals surface area contributed by atoms with Crippen LogP contribution >= 0.6 is 0 Å². The van der Waals surface area contributed by atoms with Crippen molar-refractivity contribution in [1.29, 1.82) is 0 Å². The molecule has 0 radical (unpaired) electrons. The molecule has 11 heteroatoms. The van der Waals surface area contributed by atoms with E-state index in [0.717, 1.165) is 69.4 Å². The molecule has 3 fully saturated rings. The largest absolute Gasteiger partial charge is 0.352 e. The SMILES string of the molecule is CCCN1CCN(Cc2ccc(-c3cccc(-n4c(=O)n([C@H]5CC[C@@H](NC(=O)C6(N(C)C)CC6)CC5)c(=O)c5cc(F)cnc54)c3)cc2)CC1. The second-order valence-corrected chi connectivity index (χ2v) is 14.6. The van der Waals surface area contributed by atoms with E-state index in [1.54, 1.807) is 0 Å². The number of rotatable bonds is 10. The Hall–Kier alpha value is -4.19. The minimum absolute atomic E-state index is 0.0206. The minimum atomic E-state index is -0.635. The summed E-state index contributed by atoms with van der Waals surface area (Å²) in [6.45, 7) is 8.67. The minimum Gasteiger partial charge on any atom is -0.352 e. The van der Waals surface area contributed by atoms with E-state index < -0.39 is 22.6 Å². The fourth-order valence-electron chi connectivity index (χ4n) is 7.90. The Balaban J connectivity index is 1.13. The van der Waals surface area contributed by atoms with Gasteiger partial charge in [-0.1, -0.05) is 43.3 Å². The normalized spacial score (nSPS) is 21.1. The Morgan fingerprint density at radius 3 is 2.30 bits per heavy atom. The van der Waals surface area contributed by atoms with Gasteiger partial charge in [0.25, 0.3) is 5.56 Å². The number of carbonyl (C=O) groups is 1. The summed E-state index contributed by atoms with van der Waals surface area (Å²) in [5.41, 5.74) is 2.42. The van der Waals surface area contributed by atoms with Crippen LogP contribution in [0.3, 0.4) is 0 Å². The average Bonchev–Trinajstić information content (AvgIpc) is 3.94. The van der Waals surface area contributed by atoms with Crippen LogP contribution in [0.25, 0.3) is 27.8 Å². The predicted octanol–water partition coefficient (Wildman–Crippen LogP) is 4.58. The molecular weight excluding hydrogens is 633 g/mol. The van der Waals surface area contributed by atoms with E-state index in [-0.39, 0.29) is 29.0 Å². The summed E-state index contributed by atoms with van der Waals surface area (Å²) in [7, 11) is 3.86. The first kappa shape index (κ1) is 34.3. The van der Waals surface area contributed by atoms with Crippen molar-refractivity contribution in [3.63, 3.8) is 0 Å². The van der Waals surface area contributed by atoms with Gasteiger partial charge in [0.1, 0.15) is 5.82 Å². The van der Waals surface area contributed by atoms with Crippen LogP contribution in [0.4, 0.5) is 4.39 Å². The first-order chi connectivity index (χ1) is 24.2. The van der Waals surface area contributed by atoms with Gasteiger partial charge in [0.05, 0.1) is 22.8 Å². The summed E-state index contributed by atoms with van der Waals surface area (Å²) in [6, 6.07) is 17.0. The fourth-order valence-corrected chi connectivity index (χ4v) is 7.90. The number of carbonyl (C=O) groups excluding carboxylic acids is 1. The summed E-state index contributed by atoms with van der Waals surface area (Å²) < 4.78 is 17.2. The standard InChI is InChI=1S/C39H48FN7O3/c1-4-18-44-19-21-45(22-20-44)26-27-8-10-28(11-9-27)29-6-5-7-33(23-29)46-35-34(24-30(40)25-41-35)36(48)47(38(46)50)32-14-12-31(13-15-32)42-37(49)39(16-17-39)43(2)3/h5-11,23-25,31-32H,4,12-22,26H2,1-3H3,(H,42,49)/t31-,32+. The number of pyridine rings is 1. The van der Waals surface area contributed by atoms with E-state index >= 15 is 0 Å². The molecule has 2 aromatic heterocycles. The molecule has 2 saturated carbocycles. The second kappa shape index (κ2) is 14.2. The Bertz CT molecular complexity index is 1970. The third-order valence-electron chi connectivity index (χ3n) is 11.1. The second-order valence-electron chi connectivity index (χ2n) is 14.6. The molecule has 0 unspecified atom stereocenters. The Morgan fingerprint density at radius 2 is 1.64 bits per heavy atom. The van der Waals surface area contributed by atoms with Gasteiger partial charge in [-0.15, -0.1) is 0 Å². The molecule has 7 rings (SSSR count). The fraction of sp³-hybridized carbons (Fsp3) is 0.487. The van der Waals surface area contributed by atoms with Gasteiger partial charge in [-0.2, -0.15) is 0 Å². The van der Waals surface area contributed by atoms with Gasteiger partial charge in [0, 0.05) is 44.8 Å². The van der Waals surface area contributed by atoms with Crippen molar-refractivity contribution >= 4 is 16.9 Å². The van der Waals surface area contributed by atoms with Gasteiger partial charge < -0.3 is 10.2 Å². The maximum absolute atomic E-state index is 14.5. The highest BCUT2D eigenvalue weighted by atomic mass is 19.1. The van der Waals surface area contributed by atoms with Crippen LogP contribution in [-0.4, -0.2) is 93.1 Å². The van der Waals surface area contributed by atoms with Crippen molar-refractivity contribution in [3.05, 3.63) is 93.0 Å². The molecular formula is C39H48FN7O3. The molecule has 3 aliphatic rings. The molecule has 0 spiro atoms. The molecule has 264 valence electrons. The molecule has 2 aromatic carbocycles. The monoisotopic (exact) mass is 681 g/mol. The van der Waals surface area contributed by atoms with Crippen molar-refractivity contribution in [2.24, 2.45) is 0 Å². The molecule has 2 aliphatic carbocycles. The highest BCUT2D eigenvalue weighted by Crippen LogP contribution is 2.41. The number of aromatic nitrogens is 3. The van der Waals surface area contributed by atoms with Gasteiger partial charge in [-0.05, 0) is 100 Å². The lowest BCUT2D eigenvalue weighted by molar-refractivity contribution is -0.128. The van der Waals surface area contributed by atoms with Crippen LogP contribution in [0.15, 0.2) is 70.4 Å². The Kier molecular flexibility index (Phi) is 9.74. The number of fused-ring (bicyclic) bond motifs is 1. The number of nitrogens with one attached hydrogen (secondary N) is 1. The van der Waals surface area contributed by atoms with E-state index in [0.29, 0.717) is 31.4 Å². The maximum atomic E-state index is 14.5. The molecule has 1 N–H and O–H groups in total. The van der Waals surface area contributed by atoms with Crippen molar-refractivity contribution in [3.8, 4) is 16.8 Å². The van der Waals surface area contributed by atoms with E-state index in [1.165, 1.54) is 27.2 Å². The zero-order chi connectivity index (χ0) is 35.0. The van der Waals surface area contributed by atoms with Crippen molar-refractivity contribution in [2.75, 3.05) is 46.8 Å². The molecule has 1 aliphatic heterocycles. The van der Waals surface area contributed by atoms with Crippen LogP contribution in [0, 0.1) is 5.82 Å². The van der Waals surface area contributed by atoms with Crippen molar-refractivity contribution in [1.82, 2.24) is 34.1 Å². The summed E-state index contributed by atoms with van der Waals surface area (Å²) in [4.78, 5) is 52.4. The highest BCUT2D eigenvalue weighted by molar-refractivity contribution is 5.89. The molecule has 1 saturated heterocycles. The number of amides is 1. The van der Waals surface area contributed by atoms with Crippen LogP contribution in [0.1, 0.15) is 63.5 Å². The first-order valence-corrected chi connectivity index (χ1v) is 18.1. The molecule has 10 nitrogen and oxygen atoms in total. The highest BCUT2D eigenvalue weighted by Gasteiger charge is 2.52. The van der Waals surface area contributed by atoms with E-state index in [1.807, 2.05) is 43.3 Å². The summed E-state index contributed by atoms with van der Waals surface area (Å²) in [5.74, 6) is -0.586. The van der Waals surface area contributed by atoms with Gasteiger partial charge in [-0.3, -0.25) is 24.0 Å². The zero-order valence-corrected chi connectivity index (χ0v) is 29.4. The molecule has 1 amide bonds. The molecule has 0 atom stereocenters. The van der Waals surface area contributed by atoms with Crippen molar-refractivity contribution < 1.29 is 9.18 Å². The number of nitrogens with zero attached hydrogens (tertiary/aromatic N) is 6. The quantitative estimate of drug-likeness (QED) is 0.262. The van der Waals surface area contributed by atoms with Gasteiger partial charge >= 0.3 is 5.69 Å². The summed E-state index contributed by atoms with van der Waals surface area (Å²) in [6.07, 6.45) is 6.31. The van der Waals surface area contributed by atoms with Crippen LogP contribution < -0.4 is 16.6 Å². The van der Waals surface area contributed by atoms with Crippen LogP contribution in [-0.2, 0) is 11.3 Å². The van der Waals surface area contributed by atoms with E-state index in [2.05, 4.69) is 51.3 Å². The van der Waals surface area contributed by atoms with Gasteiger partial charge in [-0.25, -0.2) is 18.7 Å². The zero-order valence-electron chi connectivity index (χ0n) is 29.4.